The van der Waals surface area contributed by atoms with Gasteiger partial charge >= 0.3 is 0 Å². The number of halogens is 1. The van der Waals surface area contributed by atoms with Crippen LogP contribution in [0.25, 0.3) is 10.9 Å². The molecule has 1 unspecified atom stereocenters. The summed E-state index contributed by atoms with van der Waals surface area (Å²) in [7, 11) is 1.77. The largest absolute Gasteiger partial charge is 0.384 e. The highest BCUT2D eigenvalue weighted by Crippen LogP contribution is 2.24. The number of aryl methyl sites for hydroxylation is 1. The molecule has 3 nitrogen and oxygen atoms in total. The van der Waals surface area contributed by atoms with Crippen LogP contribution in [0.15, 0.2) is 24.3 Å². The number of ether oxygens (including phenoxy) is 1. The summed E-state index contributed by atoms with van der Waals surface area (Å²) in [5.41, 5.74) is 2.93. The number of hydrogen-bond donors (Lipinski definition) is 0. The van der Waals surface area contributed by atoms with Gasteiger partial charge in [-0.1, -0.05) is 0 Å². The van der Waals surface area contributed by atoms with Crippen LogP contribution in [0.5, 0.6) is 0 Å². The summed E-state index contributed by atoms with van der Waals surface area (Å²) in [6.45, 7) is 5.88. The molecule has 0 spiro atoms. The van der Waals surface area contributed by atoms with Crippen molar-refractivity contribution in [2.24, 2.45) is 5.92 Å². The Hall–Kier alpha value is -1.52. The summed E-state index contributed by atoms with van der Waals surface area (Å²) in [5.74, 6) is 0.389. The van der Waals surface area contributed by atoms with E-state index in [0.717, 1.165) is 42.8 Å². The number of nitrogens with zero attached hydrogens (tertiary/aromatic N) is 2. The molecule has 0 amide bonds. The summed E-state index contributed by atoms with van der Waals surface area (Å²) in [6.07, 6.45) is 2.45. The van der Waals surface area contributed by atoms with Crippen molar-refractivity contribution >= 4 is 10.9 Å². The minimum Gasteiger partial charge on any atom is -0.384 e. The van der Waals surface area contributed by atoms with Gasteiger partial charge in [-0.15, -0.1) is 0 Å². The maximum Gasteiger partial charge on any atom is 0.125 e. The van der Waals surface area contributed by atoms with E-state index in [1.54, 1.807) is 7.11 Å². The molecule has 3 rings (SSSR count). The zero-order chi connectivity index (χ0) is 15.5. The van der Waals surface area contributed by atoms with Gasteiger partial charge in [0.1, 0.15) is 5.82 Å². The third kappa shape index (κ3) is 3.45. The minimum absolute atomic E-state index is 0.227. The van der Waals surface area contributed by atoms with Gasteiger partial charge in [-0.25, -0.2) is 4.39 Å². The zero-order valence-corrected chi connectivity index (χ0v) is 13.3. The van der Waals surface area contributed by atoms with Crippen molar-refractivity contribution in [1.29, 1.82) is 0 Å². The van der Waals surface area contributed by atoms with Gasteiger partial charge in [-0.3, -0.25) is 9.88 Å². The van der Waals surface area contributed by atoms with Gasteiger partial charge in [-0.05, 0) is 56.0 Å². The van der Waals surface area contributed by atoms with Crippen LogP contribution in [0.1, 0.15) is 24.1 Å². The number of fused-ring (bicyclic) bond motifs is 1. The van der Waals surface area contributed by atoms with E-state index in [4.69, 9.17) is 4.74 Å². The highest BCUT2D eigenvalue weighted by molar-refractivity contribution is 5.82. The fourth-order valence-electron chi connectivity index (χ4n) is 3.46. The normalized spacial score (nSPS) is 19.7. The van der Waals surface area contributed by atoms with Crippen LogP contribution in [-0.4, -0.2) is 36.7 Å². The van der Waals surface area contributed by atoms with E-state index in [2.05, 4.69) is 16.0 Å². The maximum atomic E-state index is 13.4. The van der Waals surface area contributed by atoms with E-state index >= 15 is 0 Å². The van der Waals surface area contributed by atoms with Gasteiger partial charge in [-0.2, -0.15) is 0 Å². The first-order valence-electron chi connectivity index (χ1n) is 7.93. The van der Waals surface area contributed by atoms with Crippen LogP contribution in [-0.2, 0) is 11.3 Å². The van der Waals surface area contributed by atoms with Gasteiger partial charge in [0.25, 0.3) is 0 Å². The summed E-state index contributed by atoms with van der Waals surface area (Å²) >= 11 is 0. The highest BCUT2D eigenvalue weighted by atomic mass is 19.1. The molecule has 4 heteroatoms. The predicted octanol–water partition coefficient (Wildman–Crippen LogP) is 3.54. The van der Waals surface area contributed by atoms with Crippen LogP contribution < -0.4 is 0 Å². The van der Waals surface area contributed by atoms with Gasteiger partial charge in [0.05, 0.1) is 12.1 Å². The van der Waals surface area contributed by atoms with Crippen molar-refractivity contribution in [3.8, 4) is 0 Å². The number of pyridine rings is 1. The Morgan fingerprint density at radius 2 is 2.23 bits per heavy atom. The molecule has 1 aliphatic heterocycles. The third-order valence-corrected chi connectivity index (χ3v) is 4.39. The molecule has 1 aromatic carbocycles. The molecular weight excluding hydrogens is 279 g/mol. The van der Waals surface area contributed by atoms with Crippen LogP contribution in [0.3, 0.4) is 0 Å². The number of rotatable bonds is 4. The lowest BCUT2D eigenvalue weighted by atomic mass is 9.98. The standard InChI is InChI=1S/C18H23FN2O/c1-13-8-15(17-6-5-16(19)9-18(17)20-13)11-21-7-3-4-14(10-21)12-22-2/h5-6,8-9,14H,3-4,7,10-12H2,1-2H3. The molecule has 1 fully saturated rings. The lowest BCUT2D eigenvalue weighted by molar-refractivity contribution is 0.0875. The molecule has 0 radical (unpaired) electrons. The smallest absolute Gasteiger partial charge is 0.125 e. The van der Waals surface area contributed by atoms with Crippen LogP contribution in [0.2, 0.25) is 0 Å². The second-order valence-corrected chi connectivity index (χ2v) is 6.28. The molecule has 1 saturated heterocycles. The lowest BCUT2D eigenvalue weighted by Gasteiger charge is -2.32. The Morgan fingerprint density at radius 1 is 1.36 bits per heavy atom. The van der Waals surface area contributed by atoms with Crippen molar-refractivity contribution < 1.29 is 9.13 Å². The number of methoxy groups -OCH3 is 1. The Balaban J connectivity index is 1.84. The van der Waals surface area contributed by atoms with Gasteiger partial charge in [0, 0.05) is 37.3 Å². The first kappa shape index (κ1) is 15.4. The van der Waals surface area contributed by atoms with E-state index in [0.29, 0.717) is 5.92 Å². The molecule has 0 saturated carbocycles. The maximum absolute atomic E-state index is 13.4. The number of hydrogen-bond acceptors (Lipinski definition) is 3. The highest BCUT2D eigenvalue weighted by Gasteiger charge is 2.20. The average Bonchev–Trinajstić information content (AvgIpc) is 2.47. The monoisotopic (exact) mass is 302 g/mol. The summed E-state index contributed by atoms with van der Waals surface area (Å²) in [5, 5.41) is 1.06. The van der Waals surface area contributed by atoms with E-state index in [1.807, 2.05) is 13.0 Å². The van der Waals surface area contributed by atoms with Gasteiger partial charge in [0.15, 0.2) is 0 Å². The van der Waals surface area contributed by atoms with Crippen molar-refractivity contribution in [1.82, 2.24) is 9.88 Å². The Bertz CT molecular complexity index is 652. The quantitative estimate of drug-likeness (QED) is 0.864. The molecule has 1 atom stereocenters. The summed E-state index contributed by atoms with van der Waals surface area (Å²) < 4.78 is 18.7. The Morgan fingerprint density at radius 3 is 3.05 bits per heavy atom. The fraction of sp³-hybridized carbons (Fsp3) is 0.500. The SMILES string of the molecule is COCC1CCCN(Cc2cc(C)nc3cc(F)ccc23)C1. The average molecular weight is 302 g/mol. The Kier molecular flexibility index (Phi) is 4.69. The number of aromatic nitrogens is 1. The second kappa shape index (κ2) is 6.71. The summed E-state index contributed by atoms with van der Waals surface area (Å²) in [4.78, 5) is 6.93. The fourth-order valence-corrected chi connectivity index (χ4v) is 3.46. The van der Waals surface area contributed by atoms with E-state index in [9.17, 15) is 4.39 Å². The second-order valence-electron chi connectivity index (χ2n) is 6.28. The lowest BCUT2D eigenvalue weighted by Crippen LogP contribution is -2.36. The molecule has 2 aromatic rings. The number of likely N-dealkylation sites (tertiary alicyclic amines) is 1. The molecule has 118 valence electrons. The van der Waals surface area contributed by atoms with Crippen molar-refractivity contribution in [3.63, 3.8) is 0 Å². The van der Waals surface area contributed by atoms with Gasteiger partial charge in [0.2, 0.25) is 0 Å². The number of piperidine rings is 1. The molecular formula is C18H23FN2O. The first-order chi connectivity index (χ1) is 10.7. The zero-order valence-electron chi connectivity index (χ0n) is 13.3. The van der Waals surface area contributed by atoms with E-state index < -0.39 is 0 Å². The van der Waals surface area contributed by atoms with Crippen LogP contribution >= 0.6 is 0 Å². The minimum atomic E-state index is -0.227. The van der Waals surface area contributed by atoms with Crippen LogP contribution in [0, 0.1) is 18.7 Å². The topological polar surface area (TPSA) is 25.4 Å². The molecule has 1 aliphatic rings. The van der Waals surface area contributed by atoms with Crippen molar-refractivity contribution in [3.05, 3.63) is 41.3 Å². The Labute approximate surface area is 131 Å². The molecule has 0 bridgehead atoms. The third-order valence-electron chi connectivity index (χ3n) is 4.39. The molecule has 0 aliphatic carbocycles. The number of benzene rings is 1. The molecule has 22 heavy (non-hydrogen) atoms. The molecule has 0 N–H and O–H groups in total. The van der Waals surface area contributed by atoms with Crippen molar-refractivity contribution in [2.75, 3.05) is 26.8 Å². The van der Waals surface area contributed by atoms with Gasteiger partial charge < -0.3 is 4.74 Å². The summed E-state index contributed by atoms with van der Waals surface area (Å²) in [6, 6.07) is 7.02. The first-order valence-corrected chi connectivity index (χ1v) is 7.93. The van der Waals surface area contributed by atoms with Crippen LogP contribution in [0.4, 0.5) is 4.39 Å². The van der Waals surface area contributed by atoms with E-state index in [1.165, 1.54) is 30.5 Å². The van der Waals surface area contributed by atoms with Crippen molar-refractivity contribution in [2.45, 2.75) is 26.3 Å². The molecule has 1 aromatic heterocycles. The molecule has 2 heterocycles. The van der Waals surface area contributed by atoms with E-state index in [-0.39, 0.29) is 5.82 Å². The predicted molar refractivity (Wildman–Crippen MR) is 86.3 cm³/mol.